The summed E-state index contributed by atoms with van der Waals surface area (Å²) in [6.45, 7) is 3.32. The zero-order valence-corrected chi connectivity index (χ0v) is 16.2. The van der Waals surface area contributed by atoms with E-state index in [1.165, 1.54) is 12.1 Å². The number of fused-ring (bicyclic) bond motifs is 1. The van der Waals surface area contributed by atoms with Crippen molar-refractivity contribution in [3.63, 3.8) is 0 Å². The fourth-order valence-electron chi connectivity index (χ4n) is 2.85. The molecular weight excluding hydrogens is 357 g/mol. The minimum Gasteiger partial charge on any atom is -0.489 e. The van der Waals surface area contributed by atoms with E-state index in [2.05, 4.69) is 20.6 Å². The molecule has 0 fully saturated rings. The van der Waals surface area contributed by atoms with Crippen molar-refractivity contribution >= 4 is 11.6 Å². The molecular formula is C21H26FN5O. The summed E-state index contributed by atoms with van der Waals surface area (Å²) < 4.78 is 21.2. The zero-order chi connectivity index (χ0) is 19.8. The molecule has 28 heavy (non-hydrogen) atoms. The van der Waals surface area contributed by atoms with Gasteiger partial charge in [-0.25, -0.2) is 9.37 Å². The molecule has 7 heteroatoms. The molecule has 0 bridgehead atoms. The summed E-state index contributed by atoms with van der Waals surface area (Å²) in [5.41, 5.74) is 1.97. The van der Waals surface area contributed by atoms with Crippen LogP contribution >= 0.6 is 0 Å². The first-order chi connectivity index (χ1) is 13.7. The molecule has 0 aliphatic carbocycles. The molecule has 1 aromatic carbocycles. The second kappa shape index (κ2) is 9.73. The minimum atomic E-state index is -0.301. The fraction of sp³-hybridized carbons (Fsp3) is 0.333. The Morgan fingerprint density at radius 3 is 2.89 bits per heavy atom. The fourth-order valence-corrected chi connectivity index (χ4v) is 2.85. The van der Waals surface area contributed by atoms with Gasteiger partial charge in [-0.3, -0.25) is 4.99 Å². The Balaban J connectivity index is 1.45. The van der Waals surface area contributed by atoms with E-state index in [4.69, 9.17) is 4.74 Å². The standard InChI is InChI=1S/C21H26FN5O/c1-3-18(28-19-8-6-7-16(22)13-19)14-25-21(23-2)24-11-10-17-15-27-12-5-4-9-20(27)26-17/h4-9,12-13,15,18H,3,10-11,14H2,1-2H3,(H2,23,24,25). The van der Waals surface area contributed by atoms with Crippen molar-refractivity contribution in [1.82, 2.24) is 20.0 Å². The Hall–Kier alpha value is -3.09. The molecule has 1 atom stereocenters. The van der Waals surface area contributed by atoms with E-state index in [-0.39, 0.29) is 11.9 Å². The molecule has 0 amide bonds. The zero-order valence-electron chi connectivity index (χ0n) is 16.2. The summed E-state index contributed by atoms with van der Waals surface area (Å²) in [7, 11) is 1.73. The van der Waals surface area contributed by atoms with Gasteiger partial charge in [0.15, 0.2) is 5.96 Å². The number of ether oxygens (including phenoxy) is 1. The maximum atomic E-state index is 13.3. The van der Waals surface area contributed by atoms with Crippen molar-refractivity contribution in [2.45, 2.75) is 25.9 Å². The van der Waals surface area contributed by atoms with Crippen molar-refractivity contribution < 1.29 is 9.13 Å². The molecule has 1 unspecified atom stereocenters. The first-order valence-electron chi connectivity index (χ1n) is 9.47. The maximum Gasteiger partial charge on any atom is 0.191 e. The molecule has 3 aromatic rings. The quantitative estimate of drug-likeness (QED) is 0.464. The topological polar surface area (TPSA) is 63.0 Å². The number of rotatable bonds is 8. The van der Waals surface area contributed by atoms with E-state index >= 15 is 0 Å². The maximum absolute atomic E-state index is 13.3. The Kier molecular flexibility index (Phi) is 6.84. The van der Waals surface area contributed by atoms with Crippen molar-refractivity contribution in [3.05, 3.63) is 66.4 Å². The van der Waals surface area contributed by atoms with Gasteiger partial charge in [0.25, 0.3) is 0 Å². The van der Waals surface area contributed by atoms with Crippen LogP contribution in [-0.4, -0.2) is 41.6 Å². The highest BCUT2D eigenvalue weighted by molar-refractivity contribution is 5.79. The number of guanidine groups is 1. The average Bonchev–Trinajstić information content (AvgIpc) is 3.12. The van der Waals surface area contributed by atoms with Crippen LogP contribution in [0.1, 0.15) is 19.0 Å². The lowest BCUT2D eigenvalue weighted by molar-refractivity contribution is 0.199. The van der Waals surface area contributed by atoms with Crippen LogP contribution in [-0.2, 0) is 6.42 Å². The monoisotopic (exact) mass is 383 g/mol. The van der Waals surface area contributed by atoms with Gasteiger partial charge in [0.05, 0.1) is 12.2 Å². The first-order valence-corrected chi connectivity index (χ1v) is 9.47. The van der Waals surface area contributed by atoms with E-state index in [9.17, 15) is 4.39 Å². The summed E-state index contributed by atoms with van der Waals surface area (Å²) in [5, 5.41) is 6.55. The smallest absolute Gasteiger partial charge is 0.191 e. The normalized spacial score (nSPS) is 12.8. The Morgan fingerprint density at radius 1 is 1.25 bits per heavy atom. The SMILES string of the molecule is CCC(CNC(=NC)NCCc1cn2ccccc2n1)Oc1cccc(F)c1. The minimum absolute atomic E-state index is 0.0845. The first kappa shape index (κ1) is 19.7. The van der Waals surface area contributed by atoms with E-state index in [0.717, 1.165) is 24.2 Å². The van der Waals surface area contributed by atoms with Gasteiger partial charge in [0.1, 0.15) is 23.3 Å². The third-order valence-electron chi connectivity index (χ3n) is 4.36. The molecule has 0 spiro atoms. The predicted molar refractivity (Wildman–Crippen MR) is 109 cm³/mol. The largest absolute Gasteiger partial charge is 0.489 e. The van der Waals surface area contributed by atoms with Crippen LogP contribution in [0.3, 0.4) is 0 Å². The van der Waals surface area contributed by atoms with Gasteiger partial charge in [-0.15, -0.1) is 0 Å². The van der Waals surface area contributed by atoms with Gasteiger partial charge in [-0.1, -0.05) is 19.1 Å². The summed E-state index contributed by atoms with van der Waals surface area (Å²) in [4.78, 5) is 8.83. The highest BCUT2D eigenvalue weighted by Crippen LogP contribution is 2.14. The van der Waals surface area contributed by atoms with E-state index in [1.54, 1.807) is 19.2 Å². The molecule has 3 rings (SSSR count). The number of nitrogens with zero attached hydrogens (tertiary/aromatic N) is 3. The number of hydrogen-bond donors (Lipinski definition) is 2. The number of nitrogens with one attached hydrogen (secondary N) is 2. The number of pyridine rings is 1. The van der Waals surface area contributed by atoms with Gasteiger partial charge in [-0.2, -0.15) is 0 Å². The van der Waals surface area contributed by atoms with Crippen LogP contribution in [0, 0.1) is 5.82 Å². The number of imidazole rings is 1. The van der Waals surface area contributed by atoms with Gasteiger partial charge in [-0.05, 0) is 30.7 Å². The highest BCUT2D eigenvalue weighted by atomic mass is 19.1. The lowest BCUT2D eigenvalue weighted by atomic mass is 10.2. The Bertz CT molecular complexity index is 891. The van der Waals surface area contributed by atoms with E-state index < -0.39 is 0 Å². The van der Waals surface area contributed by atoms with Crippen LogP contribution in [0.25, 0.3) is 5.65 Å². The van der Waals surface area contributed by atoms with Crippen LogP contribution in [0.5, 0.6) is 5.75 Å². The van der Waals surface area contributed by atoms with E-state index in [1.807, 2.05) is 41.9 Å². The number of aliphatic imine (C=N–C) groups is 1. The molecule has 148 valence electrons. The lowest BCUT2D eigenvalue weighted by Crippen LogP contribution is -2.43. The molecule has 6 nitrogen and oxygen atoms in total. The van der Waals surface area contributed by atoms with Crippen molar-refractivity contribution in [3.8, 4) is 5.75 Å². The van der Waals surface area contributed by atoms with Gasteiger partial charge in [0.2, 0.25) is 0 Å². The van der Waals surface area contributed by atoms with Crippen molar-refractivity contribution in [1.29, 1.82) is 0 Å². The van der Waals surface area contributed by atoms with Crippen molar-refractivity contribution in [2.24, 2.45) is 4.99 Å². The number of benzene rings is 1. The highest BCUT2D eigenvalue weighted by Gasteiger charge is 2.10. The van der Waals surface area contributed by atoms with Crippen molar-refractivity contribution in [2.75, 3.05) is 20.1 Å². The molecule has 2 N–H and O–H groups in total. The second-order valence-corrected chi connectivity index (χ2v) is 6.43. The molecule has 0 saturated carbocycles. The van der Waals surface area contributed by atoms with Gasteiger partial charge < -0.3 is 19.8 Å². The molecule has 0 radical (unpaired) electrons. The van der Waals surface area contributed by atoms with Gasteiger partial charge in [0, 0.05) is 38.5 Å². The van der Waals surface area contributed by atoms with Gasteiger partial charge >= 0.3 is 0 Å². The Morgan fingerprint density at radius 2 is 2.14 bits per heavy atom. The molecule has 0 aliphatic rings. The van der Waals surface area contributed by atoms with Crippen LogP contribution in [0.2, 0.25) is 0 Å². The predicted octanol–water partition coefficient (Wildman–Crippen LogP) is 3.04. The lowest BCUT2D eigenvalue weighted by Gasteiger charge is -2.20. The van der Waals surface area contributed by atoms with Crippen LogP contribution < -0.4 is 15.4 Å². The number of aromatic nitrogens is 2. The second-order valence-electron chi connectivity index (χ2n) is 6.43. The van der Waals surface area contributed by atoms with Crippen LogP contribution in [0.15, 0.2) is 59.9 Å². The van der Waals surface area contributed by atoms with E-state index in [0.29, 0.717) is 24.8 Å². The molecule has 0 saturated heterocycles. The summed E-state index contributed by atoms with van der Waals surface area (Å²) in [6, 6.07) is 12.1. The summed E-state index contributed by atoms with van der Waals surface area (Å²) in [5.74, 6) is 0.929. The third-order valence-corrected chi connectivity index (χ3v) is 4.36. The summed E-state index contributed by atoms with van der Waals surface area (Å²) in [6.07, 6.45) is 5.52. The molecule has 2 heterocycles. The average molecular weight is 383 g/mol. The summed E-state index contributed by atoms with van der Waals surface area (Å²) >= 11 is 0. The Labute approximate surface area is 164 Å². The number of halogens is 1. The van der Waals surface area contributed by atoms with Crippen LogP contribution in [0.4, 0.5) is 4.39 Å². The molecule has 0 aliphatic heterocycles. The number of hydrogen-bond acceptors (Lipinski definition) is 3. The molecule has 2 aromatic heterocycles. The third kappa shape index (κ3) is 5.45.